The van der Waals surface area contributed by atoms with Crippen LogP contribution in [0.15, 0.2) is 18.2 Å². The summed E-state index contributed by atoms with van der Waals surface area (Å²) in [5.74, 6) is -0.102. The number of benzene rings is 1. The number of nitrogens with zero attached hydrogens (tertiary/aromatic N) is 2. The molecule has 0 unspecified atom stereocenters. The van der Waals surface area contributed by atoms with Crippen molar-refractivity contribution in [2.75, 3.05) is 13.6 Å². The van der Waals surface area contributed by atoms with Gasteiger partial charge in [0.2, 0.25) is 5.91 Å². The Balaban J connectivity index is 2.72. The first-order chi connectivity index (χ1) is 8.06. The first kappa shape index (κ1) is 13.8. The number of rotatable bonds is 4. The van der Waals surface area contributed by atoms with E-state index in [1.54, 1.807) is 25.2 Å². The first-order valence-corrected chi connectivity index (χ1v) is 5.85. The molecule has 1 rings (SSSR count). The highest BCUT2D eigenvalue weighted by atomic mass is 35.5. The maximum absolute atomic E-state index is 11.8. The lowest BCUT2D eigenvalue weighted by Gasteiger charge is -2.16. The lowest BCUT2D eigenvalue weighted by molar-refractivity contribution is -0.129. The van der Waals surface area contributed by atoms with Crippen LogP contribution in [0.3, 0.4) is 0 Å². The standard InChI is InChI=1S/C12H12Cl2N2O/c1-16(7-3-6-15)12(17)8-9-10(13)4-2-5-11(9)14/h2,4-5H,3,7-8H2,1H3. The minimum atomic E-state index is -0.102. The van der Waals surface area contributed by atoms with E-state index in [4.69, 9.17) is 28.5 Å². The van der Waals surface area contributed by atoms with E-state index in [0.29, 0.717) is 28.6 Å². The number of carbonyl (C=O) groups is 1. The normalized spacial score (nSPS) is 9.76. The van der Waals surface area contributed by atoms with Gasteiger partial charge in [0.05, 0.1) is 18.9 Å². The molecule has 0 aromatic heterocycles. The van der Waals surface area contributed by atoms with Crippen LogP contribution in [-0.4, -0.2) is 24.4 Å². The average Bonchev–Trinajstić information content (AvgIpc) is 2.30. The maximum atomic E-state index is 11.8. The highest BCUT2D eigenvalue weighted by Crippen LogP contribution is 2.24. The van der Waals surface area contributed by atoms with E-state index in [1.807, 2.05) is 6.07 Å². The van der Waals surface area contributed by atoms with Gasteiger partial charge in [-0.05, 0) is 17.7 Å². The van der Waals surface area contributed by atoms with E-state index >= 15 is 0 Å². The Morgan fingerprint density at radius 2 is 2.00 bits per heavy atom. The molecule has 0 aliphatic rings. The summed E-state index contributed by atoms with van der Waals surface area (Å²) < 4.78 is 0. The van der Waals surface area contributed by atoms with Crippen molar-refractivity contribution < 1.29 is 4.79 Å². The minimum absolute atomic E-state index is 0.102. The summed E-state index contributed by atoms with van der Waals surface area (Å²) in [6, 6.07) is 7.13. The van der Waals surface area contributed by atoms with Gasteiger partial charge in [0.25, 0.3) is 0 Å². The molecule has 0 saturated carbocycles. The van der Waals surface area contributed by atoms with Crippen molar-refractivity contribution in [2.45, 2.75) is 12.8 Å². The van der Waals surface area contributed by atoms with Crippen molar-refractivity contribution >= 4 is 29.1 Å². The Labute approximate surface area is 111 Å². The predicted octanol–water partition coefficient (Wildman–Crippen LogP) is 2.91. The zero-order valence-electron chi connectivity index (χ0n) is 9.41. The molecular weight excluding hydrogens is 259 g/mol. The molecule has 17 heavy (non-hydrogen) atoms. The van der Waals surface area contributed by atoms with E-state index in [0.717, 1.165) is 0 Å². The molecule has 0 aliphatic heterocycles. The number of carbonyl (C=O) groups excluding carboxylic acids is 1. The van der Waals surface area contributed by atoms with Crippen molar-refractivity contribution in [3.8, 4) is 6.07 Å². The molecule has 0 heterocycles. The monoisotopic (exact) mass is 270 g/mol. The van der Waals surface area contributed by atoms with Crippen molar-refractivity contribution in [1.82, 2.24) is 4.90 Å². The van der Waals surface area contributed by atoms with E-state index in [9.17, 15) is 4.79 Å². The Kier molecular flexibility index (Phi) is 5.27. The third kappa shape index (κ3) is 3.92. The molecule has 0 bridgehead atoms. The van der Waals surface area contributed by atoms with Crippen LogP contribution in [0.5, 0.6) is 0 Å². The Hall–Kier alpha value is -1.24. The third-order valence-corrected chi connectivity index (χ3v) is 3.08. The molecule has 90 valence electrons. The Bertz CT molecular complexity index is 434. The molecule has 1 aromatic carbocycles. The highest BCUT2D eigenvalue weighted by Gasteiger charge is 2.13. The summed E-state index contributed by atoms with van der Waals surface area (Å²) in [7, 11) is 1.66. The summed E-state index contributed by atoms with van der Waals surface area (Å²) in [6.45, 7) is 0.414. The van der Waals surface area contributed by atoms with E-state index in [-0.39, 0.29) is 12.3 Å². The fourth-order valence-electron chi connectivity index (χ4n) is 1.33. The summed E-state index contributed by atoms with van der Waals surface area (Å²) in [6.07, 6.45) is 0.471. The molecule has 5 heteroatoms. The van der Waals surface area contributed by atoms with Gasteiger partial charge in [0, 0.05) is 23.6 Å². The van der Waals surface area contributed by atoms with Gasteiger partial charge in [-0.2, -0.15) is 5.26 Å². The quantitative estimate of drug-likeness (QED) is 0.845. The van der Waals surface area contributed by atoms with Gasteiger partial charge < -0.3 is 4.90 Å². The summed E-state index contributed by atoms with van der Waals surface area (Å²) in [4.78, 5) is 13.3. The van der Waals surface area contributed by atoms with Gasteiger partial charge in [-0.3, -0.25) is 4.79 Å². The number of amides is 1. The minimum Gasteiger partial charge on any atom is -0.344 e. The van der Waals surface area contributed by atoms with E-state index in [1.165, 1.54) is 4.90 Å². The number of hydrogen-bond donors (Lipinski definition) is 0. The summed E-state index contributed by atoms with van der Waals surface area (Å²) in [5.41, 5.74) is 0.629. The third-order valence-electron chi connectivity index (χ3n) is 2.37. The van der Waals surface area contributed by atoms with Gasteiger partial charge in [0.1, 0.15) is 0 Å². The molecule has 0 fully saturated rings. The smallest absolute Gasteiger partial charge is 0.226 e. The predicted molar refractivity (Wildman–Crippen MR) is 68.0 cm³/mol. The van der Waals surface area contributed by atoms with Crippen LogP contribution in [0.25, 0.3) is 0 Å². The molecule has 0 N–H and O–H groups in total. The lowest BCUT2D eigenvalue weighted by atomic mass is 10.1. The summed E-state index contributed by atoms with van der Waals surface area (Å²) in [5, 5.41) is 9.42. The molecular formula is C12H12Cl2N2O. The fraction of sp³-hybridized carbons (Fsp3) is 0.333. The largest absolute Gasteiger partial charge is 0.344 e. The van der Waals surface area contributed by atoms with Crippen molar-refractivity contribution in [2.24, 2.45) is 0 Å². The topological polar surface area (TPSA) is 44.1 Å². The average molecular weight is 271 g/mol. The van der Waals surface area contributed by atoms with Gasteiger partial charge >= 0.3 is 0 Å². The van der Waals surface area contributed by atoms with Crippen LogP contribution in [0.1, 0.15) is 12.0 Å². The number of halogens is 2. The molecule has 1 amide bonds. The second-order valence-corrected chi connectivity index (χ2v) is 4.41. The molecule has 0 radical (unpaired) electrons. The molecule has 3 nitrogen and oxygen atoms in total. The van der Waals surface area contributed by atoms with Crippen LogP contribution in [-0.2, 0) is 11.2 Å². The Morgan fingerprint density at radius 3 is 2.53 bits per heavy atom. The second-order valence-electron chi connectivity index (χ2n) is 3.60. The van der Waals surface area contributed by atoms with Crippen molar-refractivity contribution in [3.05, 3.63) is 33.8 Å². The van der Waals surface area contributed by atoms with Gasteiger partial charge in [0.15, 0.2) is 0 Å². The van der Waals surface area contributed by atoms with Crippen molar-refractivity contribution in [1.29, 1.82) is 5.26 Å². The maximum Gasteiger partial charge on any atom is 0.226 e. The van der Waals surface area contributed by atoms with E-state index in [2.05, 4.69) is 0 Å². The number of nitriles is 1. The van der Waals surface area contributed by atoms with Gasteiger partial charge in [-0.1, -0.05) is 29.3 Å². The zero-order valence-corrected chi connectivity index (χ0v) is 10.9. The van der Waals surface area contributed by atoms with Crippen molar-refractivity contribution in [3.63, 3.8) is 0 Å². The second kappa shape index (κ2) is 6.48. The van der Waals surface area contributed by atoms with Crippen LogP contribution in [0.4, 0.5) is 0 Å². The molecule has 1 aromatic rings. The lowest BCUT2D eigenvalue weighted by Crippen LogP contribution is -2.29. The highest BCUT2D eigenvalue weighted by molar-refractivity contribution is 6.36. The molecule has 0 atom stereocenters. The molecule has 0 saturated heterocycles. The van der Waals surface area contributed by atoms with Crippen LogP contribution in [0, 0.1) is 11.3 Å². The Morgan fingerprint density at radius 1 is 1.41 bits per heavy atom. The van der Waals surface area contributed by atoms with Crippen LogP contribution < -0.4 is 0 Å². The van der Waals surface area contributed by atoms with Gasteiger partial charge in [-0.15, -0.1) is 0 Å². The molecule has 0 spiro atoms. The van der Waals surface area contributed by atoms with Crippen LogP contribution in [0.2, 0.25) is 10.0 Å². The SMILES string of the molecule is CN(CCC#N)C(=O)Cc1c(Cl)cccc1Cl. The fourth-order valence-corrected chi connectivity index (χ4v) is 1.86. The first-order valence-electron chi connectivity index (χ1n) is 5.10. The molecule has 0 aliphatic carbocycles. The zero-order chi connectivity index (χ0) is 12.8. The van der Waals surface area contributed by atoms with Gasteiger partial charge in [-0.25, -0.2) is 0 Å². The van der Waals surface area contributed by atoms with Crippen LogP contribution >= 0.6 is 23.2 Å². The number of hydrogen-bond acceptors (Lipinski definition) is 2. The van der Waals surface area contributed by atoms with E-state index < -0.39 is 0 Å². The summed E-state index contributed by atoms with van der Waals surface area (Å²) >= 11 is 12.0. The number of likely N-dealkylation sites (N-methyl/N-ethyl adjacent to an activating group) is 1.